The predicted molar refractivity (Wildman–Crippen MR) is 117 cm³/mol. The molecule has 1 aromatic heterocycles. The lowest BCUT2D eigenvalue weighted by Crippen LogP contribution is -2.40. The van der Waals surface area contributed by atoms with Gasteiger partial charge >= 0.3 is 0 Å². The summed E-state index contributed by atoms with van der Waals surface area (Å²) in [6, 6.07) is 18.8. The van der Waals surface area contributed by atoms with E-state index >= 15 is 0 Å². The van der Waals surface area contributed by atoms with Gasteiger partial charge in [0.15, 0.2) is 12.4 Å². The SMILES string of the molecule is C=CCNC(=O)COc1ccc2c(c1)[C@@H](c1ccccc1)N(C(=O)c1ccco1)CC2. The normalized spacial score (nSPS) is 15.1. The van der Waals surface area contributed by atoms with Gasteiger partial charge in [0.1, 0.15) is 5.75 Å². The maximum Gasteiger partial charge on any atom is 0.290 e. The average Bonchev–Trinajstić information content (AvgIpc) is 3.35. The molecule has 1 aliphatic rings. The number of rotatable bonds is 7. The van der Waals surface area contributed by atoms with Crippen molar-refractivity contribution in [3.63, 3.8) is 0 Å². The third-order valence-corrected chi connectivity index (χ3v) is 5.27. The van der Waals surface area contributed by atoms with E-state index in [-0.39, 0.29) is 24.5 Å². The lowest BCUT2D eigenvalue weighted by molar-refractivity contribution is -0.122. The standard InChI is InChI=1S/C25H24N2O4/c1-2-13-26-23(28)17-31-20-11-10-18-12-14-27(25(29)22-9-6-15-30-22)24(21(18)16-20)19-7-4-3-5-8-19/h2-11,15-16,24H,1,12-14,17H2,(H,26,28)/t24-/m1/s1. The second kappa shape index (κ2) is 9.34. The monoisotopic (exact) mass is 416 g/mol. The number of carbonyl (C=O) groups excluding carboxylic acids is 2. The molecule has 1 N–H and O–H groups in total. The zero-order chi connectivity index (χ0) is 21.6. The molecule has 0 saturated carbocycles. The fourth-order valence-corrected chi connectivity index (χ4v) is 3.82. The first kappa shape index (κ1) is 20.5. The predicted octanol–water partition coefficient (Wildman–Crippen LogP) is 3.75. The van der Waals surface area contributed by atoms with Gasteiger partial charge in [-0.05, 0) is 47.4 Å². The Hall–Kier alpha value is -3.80. The maximum absolute atomic E-state index is 13.2. The number of hydrogen-bond acceptors (Lipinski definition) is 4. The van der Waals surface area contributed by atoms with Crippen molar-refractivity contribution in [3.8, 4) is 5.75 Å². The van der Waals surface area contributed by atoms with Gasteiger partial charge in [0, 0.05) is 13.1 Å². The smallest absolute Gasteiger partial charge is 0.290 e. The zero-order valence-corrected chi connectivity index (χ0v) is 17.1. The average molecular weight is 416 g/mol. The van der Waals surface area contributed by atoms with Gasteiger partial charge in [0.05, 0.1) is 12.3 Å². The van der Waals surface area contributed by atoms with Crippen molar-refractivity contribution in [2.45, 2.75) is 12.5 Å². The minimum Gasteiger partial charge on any atom is -0.484 e. The third-order valence-electron chi connectivity index (χ3n) is 5.27. The van der Waals surface area contributed by atoms with Crippen LogP contribution in [0.15, 0.2) is 84.0 Å². The lowest BCUT2D eigenvalue weighted by atomic mass is 9.87. The molecule has 0 bridgehead atoms. The Bertz CT molecular complexity index is 1060. The van der Waals surface area contributed by atoms with Gasteiger partial charge in [-0.15, -0.1) is 6.58 Å². The largest absolute Gasteiger partial charge is 0.484 e. The first-order chi connectivity index (χ1) is 15.2. The van der Waals surface area contributed by atoms with Gasteiger partial charge in [0.2, 0.25) is 0 Å². The summed E-state index contributed by atoms with van der Waals surface area (Å²) in [4.78, 5) is 26.9. The quantitative estimate of drug-likeness (QED) is 0.596. The zero-order valence-electron chi connectivity index (χ0n) is 17.1. The van der Waals surface area contributed by atoms with Gasteiger partial charge in [-0.3, -0.25) is 9.59 Å². The Kier molecular flexibility index (Phi) is 6.17. The van der Waals surface area contributed by atoms with Crippen molar-refractivity contribution in [3.05, 3.63) is 102 Å². The summed E-state index contributed by atoms with van der Waals surface area (Å²) in [5, 5.41) is 2.69. The van der Waals surface area contributed by atoms with Crippen LogP contribution in [0.4, 0.5) is 0 Å². The lowest BCUT2D eigenvalue weighted by Gasteiger charge is -2.37. The summed E-state index contributed by atoms with van der Waals surface area (Å²) >= 11 is 0. The summed E-state index contributed by atoms with van der Waals surface area (Å²) in [6.45, 7) is 4.47. The number of furan rings is 1. The molecule has 2 aromatic carbocycles. The van der Waals surface area contributed by atoms with E-state index in [4.69, 9.17) is 9.15 Å². The van der Waals surface area contributed by atoms with Crippen molar-refractivity contribution in [2.75, 3.05) is 19.7 Å². The van der Waals surface area contributed by atoms with Crippen molar-refractivity contribution in [1.82, 2.24) is 10.2 Å². The fourth-order valence-electron chi connectivity index (χ4n) is 3.82. The van der Waals surface area contributed by atoms with E-state index in [1.807, 2.05) is 53.4 Å². The van der Waals surface area contributed by atoms with E-state index in [0.29, 0.717) is 24.6 Å². The second-order valence-corrected chi connectivity index (χ2v) is 7.28. The van der Waals surface area contributed by atoms with Crippen LogP contribution in [-0.2, 0) is 11.2 Å². The number of amides is 2. The van der Waals surface area contributed by atoms with Crippen molar-refractivity contribution >= 4 is 11.8 Å². The minimum absolute atomic E-state index is 0.0856. The Morgan fingerprint density at radius 3 is 2.74 bits per heavy atom. The van der Waals surface area contributed by atoms with Gasteiger partial charge in [-0.2, -0.15) is 0 Å². The highest BCUT2D eigenvalue weighted by molar-refractivity contribution is 5.92. The molecule has 6 nitrogen and oxygen atoms in total. The molecule has 0 saturated heterocycles. The molecule has 1 atom stereocenters. The first-order valence-electron chi connectivity index (χ1n) is 10.2. The van der Waals surface area contributed by atoms with E-state index in [9.17, 15) is 9.59 Å². The number of benzene rings is 2. The van der Waals surface area contributed by atoms with E-state index < -0.39 is 0 Å². The topological polar surface area (TPSA) is 71.8 Å². The van der Waals surface area contributed by atoms with Gasteiger partial charge in [-0.25, -0.2) is 0 Å². The molecule has 0 unspecified atom stereocenters. The van der Waals surface area contributed by atoms with Crippen LogP contribution in [0.2, 0.25) is 0 Å². The molecular formula is C25H24N2O4. The number of carbonyl (C=O) groups is 2. The van der Waals surface area contributed by atoms with Crippen LogP contribution in [0.1, 0.15) is 33.3 Å². The molecule has 31 heavy (non-hydrogen) atoms. The summed E-state index contributed by atoms with van der Waals surface area (Å²) in [5.74, 6) is 0.530. The molecule has 2 amide bonds. The third kappa shape index (κ3) is 4.53. The highest BCUT2D eigenvalue weighted by Gasteiger charge is 2.33. The second-order valence-electron chi connectivity index (χ2n) is 7.28. The highest BCUT2D eigenvalue weighted by atomic mass is 16.5. The minimum atomic E-state index is -0.277. The van der Waals surface area contributed by atoms with Crippen molar-refractivity contribution in [2.24, 2.45) is 0 Å². The molecule has 1 aliphatic heterocycles. The highest BCUT2D eigenvalue weighted by Crippen LogP contribution is 2.38. The molecule has 0 fully saturated rings. The Morgan fingerprint density at radius 1 is 1.16 bits per heavy atom. The Labute approximate surface area is 181 Å². The molecule has 4 rings (SSSR count). The van der Waals surface area contributed by atoms with Crippen LogP contribution < -0.4 is 10.1 Å². The van der Waals surface area contributed by atoms with Crippen LogP contribution in [0.3, 0.4) is 0 Å². The van der Waals surface area contributed by atoms with Gasteiger partial charge in [0.25, 0.3) is 11.8 Å². The Balaban J connectivity index is 1.65. The van der Waals surface area contributed by atoms with Crippen LogP contribution in [0.5, 0.6) is 5.75 Å². The molecular weight excluding hydrogens is 392 g/mol. The molecule has 6 heteroatoms. The molecule has 3 aromatic rings. The van der Waals surface area contributed by atoms with Gasteiger partial charge < -0.3 is 19.4 Å². The number of nitrogens with zero attached hydrogens (tertiary/aromatic N) is 1. The Morgan fingerprint density at radius 2 is 2.00 bits per heavy atom. The fraction of sp³-hybridized carbons (Fsp3) is 0.200. The van der Waals surface area contributed by atoms with Crippen molar-refractivity contribution in [1.29, 1.82) is 0 Å². The van der Waals surface area contributed by atoms with Crippen LogP contribution in [0.25, 0.3) is 0 Å². The summed E-state index contributed by atoms with van der Waals surface area (Å²) in [6.07, 6.45) is 3.85. The first-order valence-corrected chi connectivity index (χ1v) is 10.2. The molecule has 0 aliphatic carbocycles. The van der Waals surface area contributed by atoms with E-state index in [0.717, 1.165) is 23.1 Å². The summed E-state index contributed by atoms with van der Waals surface area (Å²) in [7, 11) is 0. The van der Waals surface area contributed by atoms with Gasteiger partial charge in [-0.1, -0.05) is 42.5 Å². The molecule has 0 spiro atoms. The number of nitrogens with one attached hydrogen (secondary N) is 1. The molecule has 2 heterocycles. The molecule has 0 radical (unpaired) electrons. The summed E-state index contributed by atoms with van der Waals surface area (Å²) < 4.78 is 11.1. The van der Waals surface area contributed by atoms with E-state index in [1.54, 1.807) is 18.2 Å². The van der Waals surface area contributed by atoms with Crippen LogP contribution in [-0.4, -0.2) is 36.4 Å². The van der Waals surface area contributed by atoms with E-state index in [1.165, 1.54) is 6.26 Å². The number of ether oxygens (including phenoxy) is 1. The van der Waals surface area contributed by atoms with Crippen LogP contribution in [0, 0.1) is 0 Å². The molecule has 158 valence electrons. The number of fused-ring (bicyclic) bond motifs is 1. The van der Waals surface area contributed by atoms with E-state index in [2.05, 4.69) is 11.9 Å². The van der Waals surface area contributed by atoms with Crippen molar-refractivity contribution < 1.29 is 18.7 Å². The van der Waals surface area contributed by atoms with Crippen LogP contribution >= 0.6 is 0 Å². The summed E-state index contributed by atoms with van der Waals surface area (Å²) in [5.41, 5.74) is 3.14. The number of hydrogen-bond donors (Lipinski definition) is 1. The maximum atomic E-state index is 13.2.